The summed E-state index contributed by atoms with van der Waals surface area (Å²) in [6, 6.07) is 10.4. The molecule has 0 saturated carbocycles. The summed E-state index contributed by atoms with van der Waals surface area (Å²) < 4.78 is 0.467. The molecule has 0 heterocycles. The van der Waals surface area contributed by atoms with E-state index < -0.39 is 0 Å². The summed E-state index contributed by atoms with van der Waals surface area (Å²) in [4.78, 5) is 11.9. The van der Waals surface area contributed by atoms with Gasteiger partial charge in [-0.2, -0.15) is 5.10 Å². The van der Waals surface area contributed by atoms with Gasteiger partial charge in [0.1, 0.15) is 0 Å². The number of carbonyl (C=O) groups is 1. The average molecular weight is 348 g/mol. The second-order valence-electron chi connectivity index (χ2n) is 4.51. The predicted molar refractivity (Wildman–Crippen MR) is 86.5 cm³/mol. The standard InChI is InChI=1S/C15H14BrN3O2/c1-9-3-2-4-11(5-9)15(21)19-18-8-10-6-12(16)14(20)13(17)7-10/h2-8,20H,17H2,1H3,(H,19,21)/b18-8+. The van der Waals surface area contributed by atoms with Crippen molar-refractivity contribution in [1.29, 1.82) is 0 Å². The van der Waals surface area contributed by atoms with Crippen LogP contribution in [0.1, 0.15) is 21.5 Å². The molecule has 2 aromatic rings. The molecule has 21 heavy (non-hydrogen) atoms. The SMILES string of the molecule is Cc1cccc(C(=O)N/N=C/c2cc(N)c(O)c(Br)c2)c1. The van der Waals surface area contributed by atoms with Crippen molar-refractivity contribution in [2.45, 2.75) is 6.92 Å². The summed E-state index contributed by atoms with van der Waals surface area (Å²) in [5.41, 5.74) is 10.5. The van der Waals surface area contributed by atoms with Crippen molar-refractivity contribution in [3.8, 4) is 5.75 Å². The molecule has 0 fully saturated rings. The summed E-state index contributed by atoms with van der Waals surface area (Å²) in [5, 5.41) is 13.4. The van der Waals surface area contributed by atoms with Crippen LogP contribution in [0.5, 0.6) is 5.75 Å². The van der Waals surface area contributed by atoms with Crippen molar-refractivity contribution < 1.29 is 9.90 Å². The molecule has 0 aliphatic heterocycles. The van der Waals surface area contributed by atoms with E-state index in [4.69, 9.17) is 5.73 Å². The van der Waals surface area contributed by atoms with E-state index >= 15 is 0 Å². The summed E-state index contributed by atoms with van der Waals surface area (Å²) in [5.74, 6) is -0.309. The van der Waals surface area contributed by atoms with Crippen molar-refractivity contribution in [2.24, 2.45) is 5.10 Å². The van der Waals surface area contributed by atoms with E-state index in [-0.39, 0.29) is 17.3 Å². The van der Waals surface area contributed by atoms with Crippen molar-refractivity contribution >= 4 is 33.7 Å². The van der Waals surface area contributed by atoms with E-state index in [1.165, 1.54) is 6.21 Å². The van der Waals surface area contributed by atoms with Crippen LogP contribution in [0.4, 0.5) is 5.69 Å². The van der Waals surface area contributed by atoms with Gasteiger partial charge in [-0.3, -0.25) is 4.79 Å². The molecule has 4 N–H and O–H groups in total. The Morgan fingerprint density at radius 1 is 1.38 bits per heavy atom. The number of hydrazone groups is 1. The molecular formula is C15H14BrN3O2. The molecule has 0 bridgehead atoms. The molecule has 0 unspecified atom stereocenters. The van der Waals surface area contributed by atoms with Crippen molar-refractivity contribution in [3.63, 3.8) is 0 Å². The minimum Gasteiger partial charge on any atom is -0.505 e. The van der Waals surface area contributed by atoms with Crippen LogP contribution in [0, 0.1) is 6.92 Å². The molecule has 0 spiro atoms. The summed E-state index contributed by atoms with van der Waals surface area (Å²) in [6.07, 6.45) is 1.45. The van der Waals surface area contributed by atoms with Crippen LogP contribution in [-0.4, -0.2) is 17.2 Å². The molecule has 0 atom stereocenters. The summed E-state index contributed by atoms with van der Waals surface area (Å²) in [7, 11) is 0. The lowest BCUT2D eigenvalue weighted by atomic mass is 10.1. The number of hydrogen-bond acceptors (Lipinski definition) is 4. The normalized spacial score (nSPS) is 10.8. The highest BCUT2D eigenvalue weighted by atomic mass is 79.9. The molecule has 0 aliphatic carbocycles. The van der Waals surface area contributed by atoms with E-state index in [1.807, 2.05) is 19.1 Å². The number of aromatic hydroxyl groups is 1. The Balaban J connectivity index is 2.07. The molecule has 2 rings (SSSR count). The number of nitrogens with zero attached hydrogens (tertiary/aromatic N) is 1. The number of phenolic OH excluding ortho intramolecular Hbond substituents is 1. The van der Waals surface area contributed by atoms with Crippen molar-refractivity contribution in [1.82, 2.24) is 5.43 Å². The topological polar surface area (TPSA) is 87.7 Å². The fourth-order valence-electron chi connectivity index (χ4n) is 1.73. The number of benzene rings is 2. The smallest absolute Gasteiger partial charge is 0.271 e. The second-order valence-corrected chi connectivity index (χ2v) is 5.36. The number of phenols is 1. The van der Waals surface area contributed by atoms with Gasteiger partial charge in [-0.25, -0.2) is 5.43 Å². The zero-order chi connectivity index (χ0) is 15.4. The fourth-order valence-corrected chi connectivity index (χ4v) is 2.23. The number of nitrogens with two attached hydrogens (primary N) is 1. The zero-order valence-electron chi connectivity index (χ0n) is 11.3. The summed E-state index contributed by atoms with van der Waals surface area (Å²) in [6.45, 7) is 1.91. The number of nitrogen functional groups attached to an aromatic ring is 1. The maximum atomic E-state index is 11.9. The first-order valence-electron chi connectivity index (χ1n) is 6.15. The van der Waals surface area contributed by atoms with Crippen LogP contribution < -0.4 is 11.2 Å². The van der Waals surface area contributed by atoms with Gasteiger partial charge in [0.15, 0.2) is 5.75 Å². The predicted octanol–water partition coefficient (Wildman–Crippen LogP) is 2.81. The Bertz CT molecular complexity index is 691. The zero-order valence-corrected chi connectivity index (χ0v) is 12.9. The fraction of sp³-hybridized carbons (Fsp3) is 0.0667. The van der Waals surface area contributed by atoms with Crippen LogP contribution >= 0.6 is 15.9 Å². The number of nitrogens with one attached hydrogen (secondary N) is 1. The molecule has 0 saturated heterocycles. The van der Waals surface area contributed by atoms with E-state index in [1.54, 1.807) is 24.3 Å². The van der Waals surface area contributed by atoms with Gasteiger partial charge in [0.25, 0.3) is 5.91 Å². The van der Waals surface area contributed by atoms with E-state index in [0.29, 0.717) is 15.6 Å². The molecule has 1 amide bonds. The van der Waals surface area contributed by atoms with Crippen LogP contribution in [0.3, 0.4) is 0 Å². The monoisotopic (exact) mass is 347 g/mol. The Hall–Kier alpha value is -2.34. The number of aryl methyl sites for hydroxylation is 1. The molecule has 108 valence electrons. The maximum absolute atomic E-state index is 11.9. The lowest BCUT2D eigenvalue weighted by molar-refractivity contribution is 0.0955. The molecule has 6 heteroatoms. The highest BCUT2D eigenvalue weighted by Gasteiger charge is 2.05. The van der Waals surface area contributed by atoms with Gasteiger partial charge in [0.05, 0.1) is 16.4 Å². The Morgan fingerprint density at radius 3 is 2.81 bits per heavy atom. The highest BCUT2D eigenvalue weighted by molar-refractivity contribution is 9.10. The van der Waals surface area contributed by atoms with Gasteiger partial charge in [0, 0.05) is 5.56 Å². The first-order chi connectivity index (χ1) is 9.97. The van der Waals surface area contributed by atoms with Gasteiger partial charge >= 0.3 is 0 Å². The number of halogens is 1. The molecule has 0 aliphatic rings. The van der Waals surface area contributed by atoms with Crippen LogP contribution in [-0.2, 0) is 0 Å². The molecule has 0 radical (unpaired) electrons. The third-order valence-electron chi connectivity index (χ3n) is 2.78. The number of carbonyl (C=O) groups excluding carboxylic acids is 1. The van der Waals surface area contributed by atoms with Crippen LogP contribution in [0.25, 0.3) is 0 Å². The number of hydrogen-bond donors (Lipinski definition) is 3. The van der Waals surface area contributed by atoms with E-state index in [0.717, 1.165) is 5.56 Å². The second kappa shape index (κ2) is 6.41. The van der Waals surface area contributed by atoms with Gasteiger partial charge < -0.3 is 10.8 Å². The molecule has 0 aromatic heterocycles. The Labute approximate surface area is 130 Å². The molecule has 2 aromatic carbocycles. The highest BCUT2D eigenvalue weighted by Crippen LogP contribution is 2.30. The third-order valence-corrected chi connectivity index (χ3v) is 3.38. The van der Waals surface area contributed by atoms with E-state index in [2.05, 4.69) is 26.5 Å². The average Bonchev–Trinajstić information content (AvgIpc) is 2.44. The van der Waals surface area contributed by atoms with E-state index in [9.17, 15) is 9.90 Å². The number of rotatable bonds is 3. The summed E-state index contributed by atoms with van der Waals surface area (Å²) >= 11 is 3.18. The van der Waals surface area contributed by atoms with Gasteiger partial charge in [-0.05, 0) is 52.7 Å². The first-order valence-corrected chi connectivity index (χ1v) is 6.94. The molecular weight excluding hydrogens is 334 g/mol. The lowest BCUT2D eigenvalue weighted by Gasteiger charge is -2.03. The minimum absolute atomic E-state index is 0.0176. The van der Waals surface area contributed by atoms with Gasteiger partial charge in [-0.15, -0.1) is 0 Å². The number of amides is 1. The maximum Gasteiger partial charge on any atom is 0.271 e. The van der Waals surface area contributed by atoms with Crippen molar-refractivity contribution in [3.05, 3.63) is 57.6 Å². The quantitative estimate of drug-likeness (QED) is 0.345. The van der Waals surface area contributed by atoms with Gasteiger partial charge in [0.2, 0.25) is 0 Å². The first kappa shape index (κ1) is 15.1. The van der Waals surface area contributed by atoms with Gasteiger partial charge in [-0.1, -0.05) is 17.7 Å². The lowest BCUT2D eigenvalue weighted by Crippen LogP contribution is -2.17. The van der Waals surface area contributed by atoms with Crippen molar-refractivity contribution in [2.75, 3.05) is 5.73 Å². The van der Waals surface area contributed by atoms with Crippen LogP contribution in [0.15, 0.2) is 46.0 Å². The Morgan fingerprint density at radius 2 is 2.14 bits per heavy atom. The third kappa shape index (κ3) is 3.82. The van der Waals surface area contributed by atoms with Crippen LogP contribution in [0.2, 0.25) is 0 Å². The minimum atomic E-state index is -0.291. The Kier molecular flexibility index (Phi) is 4.59. The largest absolute Gasteiger partial charge is 0.505 e. The molecule has 5 nitrogen and oxygen atoms in total. The number of anilines is 1.